The molecule has 0 bridgehead atoms. The van der Waals surface area contributed by atoms with Crippen molar-refractivity contribution in [3.8, 4) is 17.3 Å². The smallest absolute Gasteiger partial charge is 0.135 e. The second-order valence-corrected chi connectivity index (χ2v) is 8.51. The first-order chi connectivity index (χ1) is 15.2. The van der Waals surface area contributed by atoms with Crippen molar-refractivity contribution >= 4 is 48.2 Å². The number of rotatable bonds is 5. The molecule has 5 rings (SSSR count). The summed E-state index contributed by atoms with van der Waals surface area (Å²) in [5, 5.41) is 23.3. The Balaban J connectivity index is 1.87. The fourth-order valence-electron chi connectivity index (χ4n) is 4.38. The molecule has 0 fully saturated rings. The van der Waals surface area contributed by atoms with Gasteiger partial charge in [0, 0.05) is 27.9 Å². The van der Waals surface area contributed by atoms with Crippen molar-refractivity contribution < 1.29 is 4.39 Å². The number of hydrogen-bond acceptors (Lipinski definition) is 2. The topological polar surface area (TPSA) is 52.5 Å². The molecule has 5 heteroatoms. The van der Waals surface area contributed by atoms with Crippen LogP contribution < -0.4 is 0 Å². The summed E-state index contributed by atoms with van der Waals surface area (Å²) in [5.74, 6) is -0.247. The third-order valence-corrected chi connectivity index (χ3v) is 6.42. The highest BCUT2D eigenvalue weighted by atomic mass is 79.9. The van der Waals surface area contributed by atoms with E-state index >= 15 is 4.39 Å². The first-order valence-corrected chi connectivity index (χ1v) is 11.4. The van der Waals surface area contributed by atoms with Gasteiger partial charge in [0.15, 0.2) is 0 Å². The van der Waals surface area contributed by atoms with Gasteiger partial charge in [0.2, 0.25) is 0 Å². The van der Waals surface area contributed by atoms with Gasteiger partial charge in [-0.2, -0.15) is 10.4 Å². The maximum atomic E-state index is 16.0. The predicted molar refractivity (Wildman–Crippen MR) is 128 cm³/mol. The number of nitrogens with one attached hydrogen (secondary N) is 1. The monoisotopic (exact) mass is 471 g/mol. The molecule has 0 atom stereocenters. The van der Waals surface area contributed by atoms with E-state index in [9.17, 15) is 5.26 Å². The average Bonchev–Trinajstić information content (AvgIpc) is 3.32. The maximum Gasteiger partial charge on any atom is 0.135 e. The van der Waals surface area contributed by atoms with Gasteiger partial charge in [-0.15, -0.1) is 0 Å². The quantitative estimate of drug-likeness (QED) is 0.166. The highest BCUT2D eigenvalue weighted by Crippen LogP contribution is 2.38. The molecule has 0 amide bonds. The van der Waals surface area contributed by atoms with Gasteiger partial charge in [0.25, 0.3) is 0 Å². The lowest BCUT2D eigenvalue weighted by Gasteiger charge is -2.16. The first kappa shape index (κ1) is 19.7. The molecule has 0 saturated carbocycles. The van der Waals surface area contributed by atoms with Gasteiger partial charge in [-0.05, 0) is 76.7 Å². The first-order valence-electron chi connectivity index (χ1n) is 10.3. The number of nitriles is 1. The van der Waals surface area contributed by atoms with Gasteiger partial charge in [0.05, 0.1) is 11.3 Å². The number of halogens is 2. The summed E-state index contributed by atoms with van der Waals surface area (Å²) in [6.45, 7) is 0. The van der Waals surface area contributed by atoms with Gasteiger partial charge < -0.3 is 0 Å². The molecule has 0 aliphatic heterocycles. The minimum atomic E-state index is -0.247. The number of hydrogen-bond donors (Lipinski definition) is 1. The number of alkyl halides is 1. The van der Waals surface area contributed by atoms with Crippen LogP contribution in [0.15, 0.2) is 60.8 Å². The van der Waals surface area contributed by atoms with Crippen molar-refractivity contribution in [1.82, 2.24) is 10.2 Å². The Bertz CT molecular complexity index is 1470. The minimum absolute atomic E-state index is 0.247. The van der Waals surface area contributed by atoms with Crippen LogP contribution in [0.5, 0.6) is 0 Å². The summed E-state index contributed by atoms with van der Waals surface area (Å²) in [7, 11) is 0. The van der Waals surface area contributed by atoms with Crippen molar-refractivity contribution in [3.05, 3.63) is 77.7 Å². The molecule has 1 N–H and O–H groups in total. The van der Waals surface area contributed by atoms with E-state index in [0.717, 1.165) is 39.7 Å². The number of fused-ring (bicyclic) bond motifs is 3. The third-order valence-electron chi connectivity index (χ3n) is 5.86. The van der Waals surface area contributed by atoms with Gasteiger partial charge in [0.1, 0.15) is 11.9 Å². The fourth-order valence-corrected chi connectivity index (χ4v) is 4.77. The highest BCUT2D eigenvalue weighted by molar-refractivity contribution is 9.09. The number of unbranched alkanes of at least 4 members (excludes halogenated alkanes) is 1. The number of H-pyrrole nitrogens is 1. The summed E-state index contributed by atoms with van der Waals surface area (Å²) < 4.78 is 16.0. The molecule has 0 spiro atoms. The van der Waals surface area contributed by atoms with Crippen LogP contribution in [0.1, 0.15) is 24.0 Å². The van der Waals surface area contributed by atoms with Crippen LogP contribution >= 0.6 is 15.9 Å². The Morgan fingerprint density at radius 2 is 1.65 bits per heavy atom. The molecule has 0 saturated heterocycles. The van der Waals surface area contributed by atoms with E-state index in [4.69, 9.17) is 0 Å². The Hall–Kier alpha value is -3.23. The molecular weight excluding hydrogens is 453 g/mol. The zero-order valence-corrected chi connectivity index (χ0v) is 18.3. The lowest BCUT2D eigenvalue weighted by atomic mass is 9.88. The van der Waals surface area contributed by atoms with Crippen LogP contribution in [0.2, 0.25) is 0 Å². The van der Waals surface area contributed by atoms with Crippen molar-refractivity contribution in [1.29, 1.82) is 5.26 Å². The van der Waals surface area contributed by atoms with Crippen LogP contribution in [-0.2, 0) is 6.42 Å². The lowest BCUT2D eigenvalue weighted by Crippen LogP contribution is -2.02. The third kappa shape index (κ3) is 3.37. The summed E-state index contributed by atoms with van der Waals surface area (Å²) in [6, 6.07) is 20.3. The Morgan fingerprint density at radius 1 is 0.935 bits per heavy atom. The zero-order chi connectivity index (χ0) is 21.4. The fraction of sp³-hybridized carbons (Fsp3) is 0.154. The molecule has 1 heterocycles. The standard InChI is InChI=1S/C26H19BrFN3/c27-9-4-3-7-20-25(24-8-10-30-31-24)23(15-29)21-13-18-11-16-5-1-2-6-17(16)12-19(18)14-22(21)26(20)28/h1-2,5-6,8,10-14H,3-4,7,9H2,(H,30,31). The summed E-state index contributed by atoms with van der Waals surface area (Å²) in [6.07, 6.45) is 3.96. The van der Waals surface area contributed by atoms with Crippen LogP contribution in [0.3, 0.4) is 0 Å². The SMILES string of the molecule is N#Cc1c(-c2ccn[nH]2)c(CCCCBr)c(F)c2cc3cc4ccccc4cc3cc12. The van der Waals surface area contributed by atoms with Crippen molar-refractivity contribution in [3.63, 3.8) is 0 Å². The Kier molecular flexibility index (Phi) is 5.17. The van der Waals surface area contributed by atoms with E-state index in [-0.39, 0.29) is 5.82 Å². The molecule has 0 aliphatic carbocycles. The second kappa shape index (κ2) is 8.13. The number of aromatic amines is 1. The summed E-state index contributed by atoms with van der Waals surface area (Å²) in [5.41, 5.74) is 2.36. The van der Waals surface area contributed by atoms with Gasteiger partial charge in [-0.1, -0.05) is 40.2 Å². The van der Waals surface area contributed by atoms with E-state index in [2.05, 4.69) is 56.5 Å². The van der Waals surface area contributed by atoms with E-state index in [1.54, 1.807) is 12.3 Å². The number of nitrogens with zero attached hydrogens (tertiary/aromatic N) is 2. The average molecular weight is 472 g/mol. The van der Waals surface area contributed by atoms with Gasteiger partial charge in [-0.25, -0.2) is 4.39 Å². The molecule has 0 unspecified atom stereocenters. The molecule has 3 nitrogen and oxygen atoms in total. The maximum absolute atomic E-state index is 16.0. The second-order valence-electron chi connectivity index (χ2n) is 7.72. The molecular formula is C26H19BrFN3. The van der Waals surface area contributed by atoms with E-state index < -0.39 is 0 Å². The Morgan fingerprint density at radius 3 is 2.26 bits per heavy atom. The molecule has 0 aliphatic rings. The highest BCUT2D eigenvalue weighted by Gasteiger charge is 2.22. The molecule has 5 aromatic rings. The van der Waals surface area contributed by atoms with Gasteiger partial charge in [-0.3, -0.25) is 5.10 Å². The Labute approximate surface area is 187 Å². The zero-order valence-electron chi connectivity index (χ0n) is 16.8. The van der Waals surface area contributed by atoms with Crippen LogP contribution in [0.4, 0.5) is 4.39 Å². The molecule has 0 radical (unpaired) electrons. The summed E-state index contributed by atoms with van der Waals surface area (Å²) in [4.78, 5) is 0. The molecule has 152 valence electrons. The normalized spacial score (nSPS) is 11.4. The number of benzene rings is 4. The van der Waals surface area contributed by atoms with E-state index in [1.165, 1.54) is 0 Å². The molecule has 1 aromatic heterocycles. The number of aromatic nitrogens is 2. The van der Waals surface area contributed by atoms with Crippen molar-refractivity contribution in [2.24, 2.45) is 0 Å². The van der Waals surface area contributed by atoms with Gasteiger partial charge >= 0.3 is 0 Å². The van der Waals surface area contributed by atoms with Crippen molar-refractivity contribution in [2.45, 2.75) is 19.3 Å². The van der Waals surface area contributed by atoms with Crippen LogP contribution in [0, 0.1) is 17.1 Å². The minimum Gasteiger partial charge on any atom is -0.278 e. The van der Waals surface area contributed by atoms with Crippen LogP contribution in [-0.4, -0.2) is 15.5 Å². The largest absolute Gasteiger partial charge is 0.278 e. The molecule has 4 aromatic carbocycles. The van der Waals surface area contributed by atoms with E-state index in [1.807, 2.05) is 24.3 Å². The van der Waals surface area contributed by atoms with Crippen molar-refractivity contribution in [2.75, 3.05) is 5.33 Å². The predicted octanol–water partition coefficient (Wildman–Crippen LogP) is 7.26. The summed E-state index contributed by atoms with van der Waals surface area (Å²) >= 11 is 3.45. The van der Waals surface area contributed by atoms with Crippen LogP contribution in [0.25, 0.3) is 43.6 Å². The van der Waals surface area contributed by atoms with E-state index in [0.29, 0.717) is 39.6 Å². The lowest BCUT2D eigenvalue weighted by molar-refractivity contribution is 0.616. The molecule has 31 heavy (non-hydrogen) atoms.